The number of nitrogens with one attached hydrogen (secondary N) is 1. The maximum Gasteiger partial charge on any atom is 0.262 e. The van der Waals surface area contributed by atoms with E-state index < -0.39 is 0 Å². The van der Waals surface area contributed by atoms with Crippen molar-refractivity contribution in [2.24, 2.45) is 0 Å². The number of para-hydroxylation sites is 2. The number of aromatic nitrogens is 1. The molecule has 1 N–H and O–H groups in total. The molecular weight excluding hydrogens is 376 g/mol. The van der Waals surface area contributed by atoms with Crippen molar-refractivity contribution in [1.82, 2.24) is 4.98 Å². The van der Waals surface area contributed by atoms with Crippen LogP contribution in [0.3, 0.4) is 0 Å². The highest BCUT2D eigenvalue weighted by Gasteiger charge is 2.09. The van der Waals surface area contributed by atoms with Crippen LogP contribution in [0.4, 0.5) is 5.69 Å². The van der Waals surface area contributed by atoms with Gasteiger partial charge in [-0.05, 0) is 66.4 Å². The lowest BCUT2D eigenvalue weighted by atomic mass is 9.99. The van der Waals surface area contributed by atoms with Gasteiger partial charge in [0, 0.05) is 11.3 Å². The number of fused-ring (bicyclic) bond motifs is 1. The Balaban J connectivity index is 1.33. The van der Waals surface area contributed by atoms with E-state index in [1.54, 1.807) is 0 Å². The van der Waals surface area contributed by atoms with Crippen molar-refractivity contribution in [2.75, 3.05) is 11.9 Å². The number of amides is 1. The molecule has 0 aliphatic carbocycles. The summed E-state index contributed by atoms with van der Waals surface area (Å²) in [6, 6.07) is 22.9. The minimum absolute atomic E-state index is 0.0461. The van der Waals surface area contributed by atoms with Crippen molar-refractivity contribution in [3.05, 3.63) is 78.4 Å². The molecule has 0 bridgehead atoms. The molecule has 30 heavy (non-hydrogen) atoms. The van der Waals surface area contributed by atoms with Gasteiger partial charge in [-0.2, -0.15) is 0 Å². The lowest BCUT2D eigenvalue weighted by Crippen LogP contribution is -2.20. The summed E-state index contributed by atoms with van der Waals surface area (Å²) in [5.41, 5.74) is 4.38. The van der Waals surface area contributed by atoms with Crippen LogP contribution in [0.25, 0.3) is 22.6 Å². The van der Waals surface area contributed by atoms with E-state index >= 15 is 0 Å². The molecule has 0 spiro atoms. The highest BCUT2D eigenvalue weighted by molar-refractivity contribution is 5.92. The van der Waals surface area contributed by atoms with Crippen molar-refractivity contribution >= 4 is 22.7 Å². The van der Waals surface area contributed by atoms with Gasteiger partial charge in [0.1, 0.15) is 11.3 Å². The second kappa shape index (κ2) is 8.82. The van der Waals surface area contributed by atoms with Gasteiger partial charge in [0.15, 0.2) is 12.2 Å². The average molecular weight is 400 g/mol. The Morgan fingerprint density at radius 3 is 2.47 bits per heavy atom. The molecule has 0 saturated carbocycles. The zero-order valence-electron chi connectivity index (χ0n) is 17.1. The fourth-order valence-corrected chi connectivity index (χ4v) is 3.17. The van der Waals surface area contributed by atoms with Crippen LogP contribution in [0.2, 0.25) is 0 Å². The number of benzene rings is 3. The quantitative estimate of drug-likeness (QED) is 0.412. The Kier molecular flexibility index (Phi) is 5.80. The van der Waals surface area contributed by atoms with Crippen LogP contribution < -0.4 is 10.1 Å². The first-order valence-electron chi connectivity index (χ1n) is 10.1. The maximum absolute atomic E-state index is 12.2. The van der Waals surface area contributed by atoms with E-state index in [0.29, 0.717) is 23.2 Å². The summed E-state index contributed by atoms with van der Waals surface area (Å²) in [6.07, 6.45) is 1.09. The number of hydrogen-bond donors (Lipinski definition) is 1. The molecule has 152 valence electrons. The van der Waals surface area contributed by atoms with Gasteiger partial charge in [-0.3, -0.25) is 4.79 Å². The number of carbonyl (C=O) groups is 1. The Hall–Kier alpha value is -3.60. The number of nitrogens with zero attached hydrogens (tertiary/aromatic N) is 1. The molecule has 1 amide bonds. The van der Waals surface area contributed by atoms with Crippen molar-refractivity contribution in [1.29, 1.82) is 0 Å². The molecule has 1 aromatic heterocycles. The fraction of sp³-hybridized carbons (Fsp3) is 0.200. The summed E-state index contributed by atoms with van der Waals surface area (Å²) in [4.78, 5) is 16.7. The van der Waals surface area contributed by atoms with Gasteiger partial charge in [0.25, 0.3) is 5.91 Å². The van der Waals surface area contributed by atoms with Crippen LogP contribution in [0.1, 0.15) is 31.7 Å². The predicted octanol–water partition coefficient (Wildman–Crippen LogP) is 6.03. The monoisotopic (exact) mass is 400 g/mol. The van der Waals surface area contributed by atoms with Crippen LogP contribution in [0, 0.1) is 0 Å². The standard InChI is InChI=1S/C25H24N2O3/c1-3-17(2)18-10-14-21(15-11-18)29-16-24(28)26-20-12-8-19(9-13-20)25-27-22-6-4-5-7-23(22)30-25/h4-15,17H,3,16H2,1-2H3,(H,26,28). The van der Waals surface area contributed by atoms with E-state index in [4.69, 9.17) is 9.15 Å². The van der Waals surface area contributed by atoms with Gasteiger partial charge in [0.2, 0.25) is 5.89 Å². The molecule has 0 fully saturated rings. The molecule has 1 atom stereocenters. The highest BCUT2D eigenvalue weighted by Crippen LogP contribution is 2.25. The zero-order chi connectivity index (χ0) is 20.9. The molecule has 3 aromatic carbocycles. The minimum Gasteiger partial charge on any atom is -0.484 e. The third-order valence-electron chi connectivity index (χ3n) is 5.14. The molecule has 0 aliphatic rings. The number of rotatable bonds is 7. The smallest absolute Gasteiger partial charge is 0.262 e. The lowest BCUT2D eigenvalue weighted by molar-refractivity contribution is -0.118. The second-order valence-electron chi connectivity index (χ2n) is 7.28. The number of oxazole rings is 1. The van der Waals surface area contributed by atoms with E-state index in [9.17, 15) is 4.79 Å². The summed E-state index contributed by atoms with van der Waals surface area (Å²) in [7, 11) is 0. The highest BCUT2D eigenvalue weighted by atomic mass is 16.5. The zero-order valence-corrected chi connectivity index (χ0v) is 17.1. The Labute approximate surface area is 175 Å². The Bertz CT molecular complexity index is 1100. The van der Waals surface area contributed by atoms with Gasteiger partial charge in [-0.1, -0.05) is 38.1 Å². The van der Waals surface area contributed by atoms with Crippen molar-refractivity contribution in [3.8, 4) is 17.2 Å². The molecule has 5 heteroatoms. The van der Waals surface area contributed by atoms with E-state index in [1.165, 1.54) is 5.56 Å². The Morgan fingerprint density at radius 1 is 1.03 bits per heavy atom. The van der Waals surface area contributed by atoms with E-state index in [2.05, 4.69) is 24.1 Å². The summed E-state index contributed by atoms with van der Waals surface area (Å²) >= 11 is 0. The van der Waals surface area contributed by atoms with Crippen molar-refractivity contribution in [3.63, 3.8) is 0 Å². The van der Waals surface area contributed by atoms with Crippen LogP contribution in [0.5, 0.6) is 5.75 Å². The molecule has 5 nitrogen and oxygen atoms in total. The molecule has 0 radical (unpaired) electrons. The maximum atomic E-state index is 12.2. The SMILES string of the molecule is CCC(C)c1ccc(OCC(=O)Nc2ccc(-c3nc4ccccc4o3)cc2)cc1. The van der Waals surface area contributed by atoms with Crippen molar-refractivity contribution < 1.29 is 13.9 Å². The molecule has 1 unspecified atom stereocenters. The Morgan fingerprint density at radius 2 is 1.77 bits per heavy atom. The summed E-state index contributed by atoms with van der Waals surface area (Å²) < 4.78 is 11.4. The lowest BCUT2D eigenvalue weighted by Gasteiger charge is -2.11. The summed E-state index contributed by atoms with van der Waals surface area (Å²) in [6.45, 7) is 4.31. The van der Waals surface area contributed by atoms with Gasteiger partial charge in [-0.15, -0.1) is 0 Å². The van der Waals surface area contributed by atoms with Gasteiger partial charge in [0.05, 0.1) is 0 Å². The summed E-state index contributed by atoms with van der Waals surface area (Å²) in [5, 5.41) is 2.84. The van der Waals surface area contributed by atoms with Crippen LogP contribution in [-0.4, -0.2) is 17.5 Å². The topological polar surface area (TPSA) is 64.4 Å². The largest absolute Gasteiger partial charge is 0.484 e. The summed E-state index contributed by atoms with van der Waals surface area (Å²) in [5.74, 6) is 1.54. The molecular formula is C25H24N2O3. The number of ether oxygens (including phenoxy) is 1. The average Bonchev–Trinajstić information content (AvgIpc) is 3.22. The third kappa shape index (κ3) is 4.51. The third-order valence-corrected chi connectivity index (χ3v) is 5.14. The van der Waals surface area contributed by atoms with E-state index in [-0.39, 0.29) is 12.5 Å². The van der Waals surface area contributed by atoms with Crippen LogP contribution >= 0.6 is 0 Å². The first-order valence-corrected chi connectivity index (χ1v) is 10.1. The first kappa shape index (κ1) is 19.7. The van der Waals surface area contributed by atoms with Gasteiger partial charge in [-0.25, -0.2) is 4.98 Å². The van der Waals surface area contributed by atoms with Crippen LogP contribution in [-0.2, 0) is 4.79 Å². The fourth-order valence-electron chi connectivity index (χ4n) is 3.17. The molecule has 0 aliphatic heterocycles. The molecule has 4 rings (SSSR count). The number of hydrogen-bond acceptors (Lipinski definition) is 4. The molecule has 0 saturated heterocycles. The number of anilines is 1. The minimum atomic E-state index is -0.212. The van der Waals surface area contributed by atoms with Gasteiger partial charge < -0.3 is 14.5 Å². The second-order valence-corrected chi connectivity index (χ2v) is 7.28. The van der Waals surface area contributed by atoms with Gasteiger partial charge >= 0.3 is 0 Å². The first-order chi connectivity index (χ1) is 14.6. The normalized spacial score (nSPS) is 11.9. The van der Waals surface area contributed by atoms with Crippen LogP contribution in [0.15, 0.2) is 77.2 Å². The molecule has 4 aromatic rings. The van der Waals surface area contributed by atoms with E-state index in [0.717, 1.165) is 23.1 Å². The van der Waals surface area contributed by atoms with Crippen molar-refractivity contribution in [2.45, 2.75) is 26.2 Å². The molecule has 1 heterocycles. The predicted molar refractivity (Wildman–Crippen MR) is 119 cm³/mol. The van der Waals surface area contributed by atoms with E-state index in [1.807, 2.05) is 72.8 Å². The number of carbonyl (C=O) groups excluding carboxylic acids is 1.